The standard InChI is InChI=1S/C10H8N3O2S2/c1-3-7-11-9(5-1)16-13(14-11)15-12-8-4-2-6-10(12)17-13/h1-8H/q+3. The van der Waals surface area contributed by atoms with Gasteiger partial charge in [-0.25, -0.2) is 0 Å². The van der Waals surface area contributed by atoms with Crippen LogP contribution in [0.2, 0.25) is 0 Å². The highest BCUT2D eigenvalue weighted by molar-refractivity contribution is 8.06. The molecule has 2 aliphatic rings. The molecule has 4 heterocycles. The highest BCUT2D eigenvalue weighted by atomic mass is 32.2. The lowest BCUT2D eigenvalue weighted by Gasteiger charge is -1.99. The Labute approximate surface area is 106 Å². The molecule has 0 saturated carbocycles. The second-order valence-electron chi connectivity index (χ2n) is 3.52. The monoisotopic (exact) mass is 266 g/mol. The topological polar surface area (TPSA) is 26.2 Å². The first kappa shape index (κ1) is 9.58. The number of hydrogen-bond acceptors (Lipinski definition) is 4. The van der Waals surface area contributed by atoms with E-state index < -0.39 is 0 Å². The van der Waals surface area contributed by atoms with Crippen molar-refractivity contribution in [3.8, 4) is 0 Å². The molecule has 2 aromatic heterocycles. The van der Waals surface area contributed by atoms with E-state index in [-0.39, 0.29) is 3.62 Å². The quantitative estimate of drug-likeness (QED) is 0.394. The van der Waals surface area contributed by atoms with E-state index in [1.807, 2.05) is 48.8 Å². The third-order valence-corrected chi connectivity index (χ3v) is 4.53. The van der Waals surface area contributed by atoms with Crippen LogP contribution in [-0.4, -0.2) is 3.62 Å². The van der Waals surface area contributed by atoms with Crippen molar-refractivity contribution in [2.24, 2.45) is 0 Å². The highest BCUT2D eigenvalue weighted by Crippen LogP contribution is 2.43. The SMILES string of the molecule is c1cc[n+]2c(c1)S[N+]1(O2)O[n+]2ccccc2S1. The predicted octanol–water partition coefficient (Wildman–Crippen LogP) is 0.507. The summed E-state index contributed by atoms with van der Waals surface area (Å²) in [6.07, 6.45) is 3.74. The van der Waals surface area contributed by atoms with E-state index in [9.17, 15) is 0 Å². The summed E-state index contributed by atoms with van der Waals surface area (Å²) in [5.41, 5.74) is 0. The molecule has 0 unspecified atom stereocenters. The average molecular weight is 266 g/mol. The van der Waals surface area contributed by atoms with Crippen molar-refractivity contribution < 1.29 is 23.0 Å². The van der Waals surface area contributed by atoms with Crippen LogP contribution in [0.25, 0.3) is 0 Å². The number of aromatic nitrogens is 2. The number of rotatable bonds is 0. The first-order valence-corrected chi connectivity index (χ1v) is 6.59. The molecule has 7 heteroatoms. The van der Waals surface area contributed by atoms with Crippen LogP contribution in [0.4, 0.5) is 0 Å². The molecule has 0 amide bonds. The van der Waals surface area contributed by atoms with Crippen LogP contribution in [0.5, 0.6) is 0 Å². The summed E-state index contributed by atoms with van der Waals surface area (Å²) in [5.74, 6) is 0. The molecule has 0 N–H and O–H groups in total. The second kappa shape index (κ2) is 3.28. The largest absolute Gasteiger partial charge is 0.364 e. The first-order valence-electron chi connectivity index (χ1n) is 5.04. The smallest absolute Gasteiger partial charge is 0.0485 e. The lowest BCUT2D eigenvalue weighted by atomic mass is 10.5. The van der Waals surface area contributed by atoms with E-state index in [4.69, 9.17) is 9.88 Å². The fourth-order valence-corrected chi connectivity index (χ4v) is 3.76. The summed E-state index contributed by atoms with van der Waals surface area (Å²) < 4.78 is 3.40. The van der Waals surface area contributed by atoms with Crippen LogP contribution in [0.15, 0.2) is 58.8 Å². The maximum Gasteiger partial charge on any atom is 0.364 e. The van der Waals surface area contributed by atoms with Gasteiger partial charge in [-0.15, -0.1) is 0 Å². The van der Waals surface area contributed by atoms with Gasteiger partial charge in [0.2, 0.25) is 12.4 Å². The summed E-state index contributed by atoms with van der Waals surface area (Å²) in [6.45, 7) is 0. The minimum atomic E-state index is -0.0198. The van der Waals surface area contributed by atoms with Gasteiger partial charge in [0.1, 0.15) is 0 Å². The Hall–Kier alpha value is -1.44. The molecule has 2 aromatic rings. The molecule has 17 heavy (non-hydrogen) atoms. The first-order chi connectivity index (χ1) is 8.35. The predicted molar refractivity (Wildman–Crippen MR) is 58.4 cm³/mol. The fourth-order valence-electron chi connectivity index (χ4n) is 1.65. The Morgan fingerprint density at radius 1 is 0.824 bits per heavy atom. The molecule has 2 aliphatic heterocycles. The van der Waals surface area contributed by atoms with Gasteiger partial charge >= 0.3 is 37.6 Å². The molecule has 4 rings (SSSR count). The molecule has 5 nitrogen and oxygen atoms in total. The van der Waals surface area contributed by atoms with Gasteiger partial charge in [0, 0.05) is 34.1 Å². The molecular weight excluding hydrogens is 258 g/mol. The van der Waals surface area contributed by atoms with Crippen molar-refractivity contribution in [3.63, 3.8) is 0 Å². The van der Waals surface area contributed by atoms with Crippen molar-refractivity contribution in [1.82, 2.24) is 0 Å². The minimum absolute atomic E-state index is 0.0198. The zero-order valence-electron chi connectivity index (χ0n) is 8.59. The van der Waals surface area contributed by atoms with Crippen LogP contribution in [-0.2, 0) is 0 Å². The third kappa shape index (κ3) is 1.40. The molecule has 1 spiro atoms. The second-order valence-corrected chi connectivity index (χ2v) is 5.92. The average Bonchev–Trinajstić information content (AvgIpc) is 2.87. The Morgan fingerprint density at radius 3 is 1.82 bits per heavy atom. The van der Waals surface area contributed by atoms with E-state index in [0.29, 0.717) is 0 Å². The summed E-state index contributed by atoms with van der Waals surface area (Å²) in [4.78, 5) is 11.5. The van der Waals surface area contributed by atoms with Crippen molar-refractivity contribution >= 4 is 23.9 Å². The van der Waals surface area contributed by atoms with Crippen molar-refractivity contribution in [3.05, 3.63) is 48.8 Å². The lowest BCUT2D eigenvalue weighted by Crippen LogP contribution is -2.57. The van der Waals surface area contributed by atoms with Gasteiger partial charge in [-0.1, -0.05) is 0 Å². The van der Waals surface area contributed by atoms with E-state index in [1.54, 1.807) is 9.46 Å². The summed E-state index contributed by atoms with van der Waals surface area (Å²) >= 11 is 3.00. The van der Waals surface area contributed by atoms with E-state index in [2.05, 4.69) is 0 Å². The Kier molecular flexibility index (Phi) is 1.85. The van der Waals surface area contributed by atoms with E-state index in [0.717, 1.165) is 10.1 Å². The minimum Gasteiger partial charge on any atom is -0.0485 e. The number of fused-ring (bicyclic) bond motifs is 2. The number of pyridine rings is 2. The van der Waals surface area contributed by atoms with Crippen LogP contribution in [0.1, 0.15) is 0 Å². The van der Waals surface area contributed by atoms with Crippen LogP contribution < -0.4 is 19.3 Å². The molecular formula is C10H8N3O2S2+3. The van der Waals surface area contributed by atoms with Gasteiger partial charge in [-0.3, -0.25) is 0 Å². The van der Waals surface area contributed by atoms with Gasteiger partial charge in [0.25, 0.3) is 0 Å². The van der Waals surface area contributed by atoms with Crippen molar-refractivity contribution in [1.29, 1.82) is 0 Å². The van der Waals surface area contributed by atoms with Gasteiger partial charge in [-0.2, -0.15) is 0 Å². The van der Waals surface area contributed by atoms with Crippen molar-refractivity contribution in [2.45, 2.75) is 10.1 Å². The summed E-state index contributed by atoms with van der Waals surface area (Å²) in [7, 11) is 0. The summed E-state index contributed by atoms with van der Waals surface area (Å²) in [6, 6.07) is 11.8. The molecule has 0 aromatic carbocycles. The van der Waals surface area contributed by atoms with E-state index in [1.165, 1.54) is 23.9 Å². The maximum absolute atomic E-state index is 5.77. The zero-order valence-corrected chi connectivity index (χ0v) is 10.2. The molecule has 0 bridgehead atoms. The summed E-state index contributed by atoms with van der Waals surface area (Å²) in [5, 5.41) is 2.02. The van der Waals surface area contributed by atoms with Crippen molar-refractivity contribution in [2.75, 3.05) is 0 Å². The molecule has 84 valence electrons. The number of hydrogen-bond donors (Lipinski definition) is 0. The van der Waals surface area contributed by atoms with Crippen LogP contribution in [0.3, 0.4) is 0 Å². The normalized spacial score (nSPS) is 18.4. The van der Waals surface area contributed by atoms with Gasteiger partial charge in [0.05, 0.1) is 9.46 Å². The van der Waals surface area contributed by atoms with Gasteiger partial charge in [-0.05, 0) is 12.1 Å². The lowest BCUT2D eigenvalue weighted by molar-refractivity contribution is -1.29. The number of nitrogens with zero attached hydrogens (tertiary/aromatic N) is 3. The van der Waals surface area contributed by atoms with Crippen LogP contribution >= 0.6 is 23.9 Å². The molecule has 0 aliphatic carbocycles. The zero-order chi connectivity index (χ0) is 11.3. The van der Waals surface area contributed by atoms with Crippen LogP contribution in [0, 0.1) is 0 Å². The maximum atomic E-state index is 5.77. The molecule has 0 saturated heterocycles. The third-order valence-electron chi connectivity index (χ3n) is 2.36. The van der Waals surface area contributed by atoms with E-state index >= 15 is 0 Å². The highest BCUT2D eigenvalue weighted by Gasteiger charge is 2.66. The molecule has 0 radical (unpaired) electrons. The Morgan fingerprint density at radius 2 is 1.35 bits per heavy atom. The van der Waals surface area contributed by atoms with Gasteiger partial charge in [0.15, 0.2) is 0 Å². The fraction of sp³-hybridized carbons (Fsp3) is 0. The van der Waals surface area contributed by atoms with Gasteiger partial charge < -0.3 is 0 Å². The number of quaternary nitrogens is 1. The Bertz CT molecular complexity index is 501. The molecule has 0 fully saturated rings. The Balaban J connectivity index is 1.72. The molecule has 0 atom stereocenters.